The molecule has 1 rings (SSSR count). The van der Waals surface area contributed by atoms with Crippen LogP contribution in [0, 0.1) is 0 Å². The normalized spacial score (nSPS) is 13.1. The standard InChI is InChI=1S/C14H21NO4/c1-14(2,3)11-5-4-9(13(18)19)6-12(11)15-7-10(17)8-16/h4-6,10,15-17H,7-8H2,1-3H3,(H,18,19). The second kappa shape index (κ2) is 6.04. The van der Waals surface area contributed by atoms with Crippen molar-refractivity contribution in [3.05, 3.63) is 29.3 Å². The summed E-state index contributed by atoms with van der Waals surface area (Å²) in [5, 5.41) is 30.2. The van der Waals surface area contributed by atoms with Gasteiger partial charge in [-0.3, -0.25) is 0 Å². The molecule has 0 bridgehead atoms. The van der Waals surface area contributed by atoms with Gasteiger partial charge in [-0.1, -0.05) is 26.8 Å². The van der Waals surface area contributed by atoms with Gasteiger partial charge in [0.2, 0.25) is 0 Å². The van der Waals surface area contributed by atoms with Crippen LogP contribution in [0.5, 0.6) is 0 Å². The fourth-order valence-corrected chi connectivity index (χ4v) is 1.77. The first-order valence-electron chi connectivity index (χ1n) is 6.16. The summed E-state index contributed by atoms with van der Waals surface area (Å²) in [5.41, 5.74) is 1.67. The highest BCUT2D eigenvalue weighted by Gasteiger charge is 2.19. The molecule has 1 aromatic rings. The number of carboxylic acids is 1. The van der Waals surface area contributed by atoms with Gasteiger partial charge in [0.25, 0.3) is 0 Å². The number of hydrogen-bond donors (Lipinski definition) is 4. The lowest BCUT2D eigenvalue weighted by Crippen LogP contribution is -2.25. The van der Waals surface area contributed by atoms with Crippen LogP contribution in [-0.2, 0) is 5.41 Å². The van der Waals surface area contributed by atoms with Gasteiger partial charge in [-0.25, -0.2) is 4.79 Å². The lowest BCUT2D eigenvalue weighted by molar-refractivity contribution is 0.0697. The number of aliphatic hydroxyl groups excluding tert-OH is 2. The van der Waals surface area contributed by atoms with Gasteiger partial charge in [0.05, 0.1) is 18.3 Å². The maximum absolute atomic E-state index is 11.0. The molecule has 0 saturated carbocycles. The summed E-state index contributed by atoms with van der Waals surface area (Å²) < 4.78 is 0. The molecule has 5 nitrogen and oxygen atoms in total. The number of hydrogen-bond acceptors (Lipinski definition) is 4. The zero-order valence-corrected chi connectivity index (χ0v) is 11.5. The summed E-state index contributed by atoms with van der Waals surface area (Å²) in [5.74, 6) is -0.994. The van der Waals surface area contributed by atoms with E-state index < -0.39 is 12.1 Å². The molecule has 106 valence electrons. The second-order valence-electron chi connectivity index (χ2n) is 5.53. The first-order valence-corrected chi connectivity index (χ1v) is 6.16. The summed E-state index contributed by atoms with van der Waals surface area (Å²) in [4.78, 5) is 11.0. The smallest absolute Gasteiger partial charge is 0.335 e. The summed E-state index contributed by atoms with van der Waals surface area (Å²) in [6.07, 6.45) is -0.874. The molecule has 0 aliphatic heterocycles. The van der Waals surface area contributed by atoms with Crippen LogP contribution in [0.2, 0.25) is 0 Å². The average Bonchev–Trinajstić information content (AvgIpc) is 2.34. The van der Waals surface area contributed by atoms with E-state index in [-0.39, 0.29) is 24.1 Å². The maximum Gasteiger partial charge on any atom is 0.335 e. The van der Waals surface area contributed by atoms with Crippen LogP contribution in [0.3, 0.4) is 0 Å². The van der Waals surface area contributed by atoms with Gasteiger partial charge in [0.1, 0.15) is 0 Å². The quantitative estimate of drug-likeness (QED) is 0.648. The molecule has 19 heavy (non-hydrogen) atoms. The van der Waals surface area contributed by atoms with Crippen LogP contribution < -0.4 is 5.32 Å². The van der Waals surface area contributed by atoms with E-state index >= 15 is 0 Å². The molecule has 0 saturated heterocycles. The highest BCUT2D eigenvalue weighted by atomic mass is 16.4. The van der Waals surface area contributed by atoms with Crippen molar-refractivity contribution in [2.45, 2.75) is 32.3 Å². The van der Waals surface area contributed by atoms with Gasteiger partial charge >= 0.3 is 5.97 Å². The van der Waals surface area contributed by atoms with Gasteiger partial charge in [-0.15, -0.1) is 0 Å². The molecule has 0 aromatic heterocycles. The molecule has 5 heteroatoms. The van der Waals surface area contributed by atoms with Crippen molar-refractivity contribution in [1.29, 1.82) is 0 Å². The first kappa shape index (κ1) is 15.5. The minimum absolute atomic E-state index is 0.149. The van der Waals surface area contributed by atoms with Crippen LogP contribution in [0.15, 0.2) is 18.2 Å². The molecule has 0 spiro atoms. The van der Waals surface area contributed by atoms with E-state index in [0.29, 0.717) is 5.69 Å². The fourth-order valence-electron chi connectivity index (χ4n) is 1.77. The monoisotopic (exact) mass is 267 g/mol. The van der Waals surface area contributed by atoms with Crippen molar-refractivity contribution >= 4 is 11.7 Å². The lowest BCUT2D eigenvalue weighted by atomic mass is 9.85. The van der Waals surface area contributed by atoms with E-state index in [2.05, 4.69) is 5.32 Å². The Balaban J connectivity index is 3.08. The van der Waals surface area contributed by atoms with Crippen molar-refractivity contribution in [1.82, 2.24) is 0 Å². The van der Waals surface area contributed by atoms with E-state index in [1.807, 2.05) is 20.8 Å². The van der Waals surface area contributed by atoms with E-state index in [1.165, 1.54) is 0 Å². The molecule has 1 unspecified atom stereocenters. The predicted octanol–water partition coefficient (Wildman–Crippen LogP) is 1.45. The Morgan fingerprint density at radius 1 is 1.37 bits per heavy atom. The third kappa shape index (κ3) is 4.22. The summed E-state index contributed by atoms with van der Waals surface area (Å²) in [6, 6.07) is 4.89. The van der Waals surface area contributed by atoms with Crippen LogP contribution in [-0.4, -0.2) is 40.5 Å². The third-order valence-corrected chi connectivity index (χ3v) is 2.81. The molecule has 0 aliphatic rings. The van der Waals surface area contributed by atoms with Gasteiger partial charge in [-0.2, -0.15) is 0 Å². The van der Waals surface area contributed by atoms with Gasteiger partial charge in [0.15, 0.2) is 0 Å². The van der Waals surface area contributed by atoms with Crippen molar-refractivity contribution in [2.75, 3.05) is 18.5 Å². The minimum Gasteiger partial charge on any atom is -0.478 e. The third-order valence-electron chi connectivity index (χ3n) is 2.81. The number of aromatic carboxylic acids is 1. The number of carboxylic acid groups (broad SMARTS) is 1. The Kier molecular flexibility index (Phi) is 4.91. The lowest BCUT2D eigenvalue weighted by Gasteiger charge is -2.24. The molecular formula is C14H21NO4. The predicted molar refractivity (Wildman–Crippen MR) is 73.7 cm³/mol. The van der Waals surface area contributed by atoms with Crippen LogP contribution >= 0.6 is 0 Å². The molecule has 0 fully saturated rings. The summed E-state index contributed by atoms with van der Waals surface area (Å²) >= 11 is 0. The topological polar surface area (TPSA) is 89.8 Å². The van der Waals surface area contributed by atoms with Crippen molar-refractivity contribution < 1.29 is 20.1 Å². The van der Waals surface area contributed by atoms with Gasteiger partial charge in [-0.05, 0) is 23.1 Å². The Morgan fingerprint density at radius 2 is 2.00 bits per heavy atom. The molecule has 1 atom stereocenters. The minimum atomic E-state index is -0.994. The van der Waals surface area contributed by atoms with Crippen LogP contribution in [0.4, 0.5) is 5.69 Å². The van der Waals surface area contributed by atoms with E-state index in [9.17, 15) is 9.90 Å². The zero-order valence-electron chi connectivity index (χ0n) is 11.5. The molecule has 0 heterocycles. The zero-order chi connectivity index (χ0) is 14.6. The number of aliphatic hydroxyl groups is 2. The van der Waals surface area contributed by atoms with Crippen molar-refractivity contribution in [3.8, 4) is 0 Å². The maximum atomic E-state index is 11.0. The number of carbonyl (C=O) groups is 1. The molecule has 0 amide bonds. The number of anilines is 1. The largest absolute Gasteiger partial charge is 0.478 e. The van der Waals surface area contributed by atoms with Crippen LogP contribution in [0.25, 0.3) is 0 Å². The van der Waals surface area contributed by atoms with Gasteiger partial charge < -0.3 is 20.6 Å². The summed E-state index contributed by atoms with van der Waals surface area (Å²) in [7, 11) is 0. The van der Waals surface area contributed by atoms with E-state index in [1.54, 1.807) is 18.2 Å². The molecule has 4 N–H and O–H groups in total. The highest BCUT2D eigenvalue weighted by molar-refractivity contribution is 5.89. The Morgan fingerprint density at radius 3 is 2.47 bits per heavy atom. The Bertz CT molecular complexity index is 451. The molecular weight excluding hydrogens is 246 g/mol. The SMILES string of the molecule is CC(C)(C)c1ccc(C(=O)O)cc1NCC(O)CO. The number of nitrogens with one attached hydrogen (secondary N) is 1. The fraction of sp³-hybridized carbons (Fsp3) is 0.500. The number of benzene rings is 1. The van der Waals surface area contributed by atoms with E-state index in [4.69, 9.17) is 10.2 Å². The highest BCUT2D eigenvalue weighted by Crippen LogP contribution is 2.30. The molecule has 0 aliphatic carbocycles. The average molecular weight is 267 g/mol. The van der Waals surface area contributed by atoms with Crippen molar-refractivity contribution in [3.63, 3.8) is 0 Å². The van der Waals surface area contributed by atoms with Crippen LogP contribution in [0.1, 0.15) is 36.7 Å². The second-order valence-corrected chi connectivity index (χ2v) is 5.53. The Labute approximate surface area is 112 Å². The first-order chi connectivity index (χ1) is 8.75. The van der Waals surface area contributed by atoms with E-state index in [0.717, 1.165) is 5.56 Å². The molecule has 1 aromatic carbocycles. The van der Waals surface area contributed by atoms with Crippen molar-refractivity contribution in [2.24, 2.45) is 0 Å². The summed E-state index contributed by atoms with van der Waals surface area (Å²) in [6.45, 7) is 5.91. The number of rotatable bonds is 5. The Hall–Kier alpha value is -1.59. The molecule has 0 radical (unpaired) electrons. The van der Waals surface area contributed by atoms with Gasteiger partial charge in [0, 0.05) is 12.2 Å².